The topological polar surface area (TPSA) is 52.9 Å². The molecule has 2 atom stereocenters. The maximum Gasteiger partial charge on any atom is 0.328 e. The molecule has 1 aromatic carbocycles. The summed E-state index contributed by atoms with van der Waals surface area (Å²) in [5.41, 5.74) is 9.44. The molecule has 1 aliphatic carbocycles. The largest absolute Gasteiger partial charge is 0.328 e. The van der Waals surface area contributed by atoms with Crippen LogP contribution in [0.15, 0.2) is 23.0 Å². The van der Waals surface area contributed by atoms with E-state index in [1.165, 1.54) is 12.8 Å². The predicted octanol–water partition coefficient (Wildman–Crippen LogP) is 1.92. The van der Waals surface area contributed by atoms with Crippen molar-refractivity contribution in [3.8, 4) is 0 Å². The molecule has 2 N–H and O–H groups in total. The lowest BCUT2D eigenvalue weighted by Crippen LogP contribution is -2.20. The Morgan fingerprint density at radius 2 is 1.84 bits per heavy atom. The Morgan fingerprint density at radius 3 is 2.47 bits per heavy atom. The number of aryl methyl sites for hydroxylation is 2. The van der Waals surface area contributed by atoms with E-state index < -0.39 is 0 Å². The molecule has 1 heterocycles. The lowest BCUT2D eigenvalue weighted by atomic mass is 9.91. The highest BCUT2D eigenvalue weighted by molar-refractivity contribution is 5.77. The van der Waals surface area contributed by atoms with Crippen molar-refractivity contribution in [2.45, 2.75) is 25.8 Å². The van der Waals surface area contributed by atoms with Gasteiger partial charge in [0.2, 0.25) is 0 Å². The number of nitrogens with two attached hydrogens (primary N) is 1. The summed E-state index contributed by atoms with van der Waals surface area (Å²) in [6, 6.07) is 6.20. The van der Waals surface area contributed by atoms with Crippen molar-refractivity contribution in [1.82, 2.24) is 9.13 Å². The van der Waals surface area contributed by atoms with E-state index in [2.05, 4.69) is 19.1 Å². The minimum Gasteiger partial charge on any atom is -0.324 e. The SMILES string of the molecule is CC(C1CC1)C(N)c1ccc2c(c1)n(C)c(=O)n2C. The average Bonchev–Trinajstić information content (AvgIpc) is 3.24. The monoisotopic (exact) mass is 259 g/mol. The quantitative estimate of drug-likeness (QED) is 0.915. The molecule has 0 amide bonds. The summed E-state index contributed by atoms with van der Waals surface area (Å²) >= 11 is 0. The zero-order valence-corrected chi connectivity index (χ0v) is 11.8. The molecule has 0 aliphatic heterocycles. The molecule has 19 heavy (non-hydrogen) atoms. The van der Waals surface area contributed by atoms with Crippen LogP contribution in [-0.4, -0.2) is 9.13 Å². The van der Waals surface area contributed by atoms with Gasteiger partial charge in [-0.3, -0.25) is 9.13 Å². The van der Waals surface area contributed by atoms with Crippen LogP contribution in [0.2, 0.25) is 0 Å². The fraction of sp³-hybridized carbons (Fsp3) is 0.533. The van der Waals surface area contributed by atoms with Gasteiger partial charge in [-0.25, -0.2) is 4.79 Å². The van der Waals surface area contributed by atoms with Crippen molar-refractivity contribution >= 4 is 11.0 Å². The fourth-order valence-corrected chi connectivity index (χ4v) is 2.95. The highest BCUT2D eigenvalue weighted by Crippen LogP contribution is 2.41. The van der Waals surface area contributed by atoms with Crippen LogP contribution in [-0.2, 0) is 14.1 Å². The minimum absolute atomic E-state index is 0.0102. The van der Waals surface area contributed by atoms with Crippen LogP contribution in [0, 0.1) is 11.8 Å². The van der Waals surface area contributed by atoms with Gasteiger partial charge in [0.1, 0.15) is 0 Å². The number of rotatable bonds is 3. The molecular formula is C15H21N3O. The first-order valence-corrected chi connectivity index (χ1v) is 6.91. The second-order valence-electron chi connectivity index (χ2n) is 5.87. The van der Waals surface area contributed by atoms with E-state index >= 15 is 0 Å². The number of benzene rings is 1. The van der Waals surface area contributed by atoms with E-state index in [9.17, 15) is 4.79 Å². The van der Waals surface area contributed by atoms with Gasteiger partial charge in [-0.2, -0.15) is 0 Å². The summed E-state index contributed by atoms with van der Waals surface area (Å²) in [5, 5.41) is 0. The minimum atomic E-state index is 0.0102. The number of hydrogen-bond donors (Lipinski definition) is 1. The Kier molecular flexibility index (Phi) is 2.78. The molecule has 0 spiro atoms. The molecule has 0 radical (unpaired) electrons. The molecule has 1 saturated carbocycles. The summed E-state index contributed by atoms with van der Waals surface area (Å²) in [6.45, 7) is 2.23. The van der Waals surface area contributed by atoms with Crippen LogP contribution in [0.3, 0.4) is 0 Å². The number of aromatic nitrogens is 2. The molecule has 0 bridgehead atoms. The summed E-state index contributed by atoms with van der Waals surface area (Å²) in [4.78, 5) is 11.9. The predicted molar refractivity (Wildman–Crippen MR) is 77.0 cm³/mol. The summed E-state index contributed by atoms with van der Waals surface area (Å²) in [5.74, 6) is 1.29. The van der Waals surface area contributed by atoms with Crippen molar-refractivity contribution in [3.05, 3.63) is 34.2 Å². The molecule has 1 aliphatic rings. The first-order valence-electron chi connectivity index (χ1n) is 6.91. The van der Waals surface area contributed by atoms with E-state index in [-0.39, 0.29) is 11.7 Å². The molecule has 1 fully saturated rings. The number of fused-ring (bicyclic) bond motifs is 1. The molecular weight excluding hydrogens is 238 g/mol. The number of hydrogen-bond acceptors (Lipinski definition) is 2. The van der Waals surface area contributed by atoms with Crippen molar-refractivity contribution in [1.29, 1.82) is 0 Å². The smallest absolute Gasteiger partial charge is 0.324 e. The maximum absolute atomic E-state index is 11.9. The van der Waals surface area contributed by atoms with E-state index in [1.54, 1.807) is 16.2 Å². The van der Waals surface area contributed by atoms with Gasteiger partial charge >= 0.3 is 5.69 Å². The van der Waals surface area contributed by atoms with Gasteiger partial charge in [-0.1, -0.05) is 13.0 Å². The van der Waals surface area contributed by atoms with E-state index in [1.807, 2.05) is 13.1 Å². The fourth-order valence-electron chi connectivity index (χ4n) is 2.95. The number of nitrogens with zero attached hydrogens (tertiary/aromatic N) is 2. The van der Waals surface area contributed by atoms with Crippen LogP contribution >= 0.6 is 0 Å². The second-order valence-corrected chi connectivity index (χ2v) is 5.87. The van der Waals surface area contributed by atoms with Gasteiger partial charge in [0.05, 0.1) is 11.0 Å². The standard InChI is InChI=1S/C15H21N3O/c1-9(10-4-5-10)14(16)11-6-7-12-13(8-11)18(3)15(19)17(12)2/h6-10,14H,4-5,16H2,1-3H3. The van der Waals surface area contributed by atoms with Crippen molar-refractivity contribution in [2.75, 3.05) is 0 Å². The van der Waals surface area contributed by atoms with Gasteiger partial charge in [0, 0.05) is 20.1 Å². The molecule has 102 valence electrons. The zero-order chi connectivity index (χ0) is 13.7. The van der Waals surface area contributed by atoms with Gasteiger partial charge in [0.25, 0.3) is 0 Å². The molecule has 2 unspecified atom stereocenters. The number of imidazole rings is 1. The van der Waals surface area contributed by atoms with Crippen molar-refractivity contribution in [3.63, 3.8) is 0 Å². The van der Waals surface area contributed by atoms with Crippen LogP contribution in [0.25, 0.3) is 11.0 Å². The maximum atomic E-state index is 11.9. The lowest BCUT2D eigenvalue weighted by molar-refractivity contribution is 0.417. The van der Waals surface area contributed by atoms with Crippen molar-refractivity contribution < 1.29 is 0 Å². The molecule has 4 nitrogen and oxygen atoms in total. The molecule has 3 rings (SSSR count). The highest BCUT2D eigenvalue weighted by atomic mass is 16.1. The third-order valence-electron chi connectivity index (χ3n) is 4.61. The lowest BCUT2D eigenvalue weighted by Gasteiger charge is -2.20. The van der Waals surface area contributed by atoms with Crippen LogP contribution in [0.1, 0.15) is 31.4 Å². The normalized spacial score (nSPS) is 18.7. The Hall–Kier alpha value is -1.55. The molecule has 4 heteroatoms. The Morgan fingerprint density at radius 1 is 1.21 bits per heavy atom. The first kappa shape index (κ1) is 12.5. The van der Waals surface area contributed by atoms with E-state index in [0.29, 0.717) is 5.92 Å². The zero-order valence-electron chi connectivity index (χ0n) is 11.8. The van der Waals surface area contributed by atoms with Gasteiger partial charge in [-0.15, -0.1) is 0 Å². The average molecular weight is 259 g/mol. The van der Waals surface area contributed by atoms with Gasteiger partial charge in [0.15, 0.2) is 0 Å². The summed E-state index contributed by atoms with van der Waals surface area (Å²) in [7, 11) is 3.61. The Bertz CT molecular complexity index is 678. The third kappa shape index (κ3) is 1.91. The molecule has 1 aromatic heterocycles. The van der Waals surface area contributed by atoms with Crippen molar-refractivity contribution in [2.24, 2.45) is 31.7 Å². The first-order chi connectivity index (χ1) is 9.00. The van der Waals surface area contributed by atoms with Crippen LogP contribution in [0.5, 0.6) is 0 Å². The van der Waals surface area contributed by atoms with E-state index in [4.69, 9.17) is 5.73 Å². The Labute approximate surface area is 112 Å². The summed E-state index contributed by atoms with van der Waals surface area (Å²) < 4.78 is 3.36. The molecule has 2 aromatic rings. The second kappa shape index (κ2) is 4.23. The van der Waals surface area contributed by atoms with E-state index in [0.717, 1.165) is 22.5 Å². The van der Waals surface area contributed by atoms with Crippen LogP contribution in [0.4, 0.5) is 0 Å². The molecule has 0 saturated heterocycles. The highest BCUT2D eigenvalue weighted by Gasteiger charge is 2.32. The van der Waals surface area contributed by atoms with Crippen LogP contribution < -0.4 is 11.4 Å². The summed E-state index contributed by atoms with van der Waals surface area (Å²) in [6.07, 6.45) is 2.61. The third-order valence-corrected chi connectivity index (χ3v) is 4.61. The van der Waals surface area contributed by atoms with Gasteiger partial charge < -0.3 is 5.73 Å². The Balaban J connectivity index is 2.06. The van der Waals surface area contributed by atoms with Gasteiger partial charge in [-0.05, 0) is 42.4 Å².